The van der Waals surface area contributed by atoms with Crippen molar-refractivity contribution in [3.8, 4) is 0 Å². The lowest BCUT2D eigenvalue weighted by molar-refractivity contribution is 0.102. The molecule has 0 aliphatic rings. The molecule has 1 amide bonds. The fourth-order valence-corrected chi connectivity index (χ4v) is 3.17. The first-order chi connectivity index (χ1) is 12.5. The molecule has 0 aliphatic heterocycles. The number of carbonyl (C=O) groups excluding carboxylic acids is 1. The fourth-order valence-electron chi connectivity index (χ4n) is 2.12. The SMILES string of the molecule is CN(C)c1ccc(C=Nc2nnc(NC(=O)c3ccccc3Br)s2)cc1. The maximum Gasteiger partial charge on any atom is 0.258 e. The van der Waals surface area contributed by atoms with Crippen LogP contribution in [0.4, 0.5) is 16.0 Å². The Morgan fingerprint density at radius 1 is 1.15 bits per heavy atom. The molecule has 2 aromatic carbocycles. The van der Waals surface area contributed by atoms with Crippen LogP contribution in [0.3, 0.4) is 0 Å². The van der Waals surface area contributed by atoms with E-state index >= 15 is 0 Å². The van der Waals surface area contributed by atoms with Crippen LogP contribution in [0, 0.1) is 0 Å². The topological polar surface area (TPSA) is 70.5 Å². The van der Waals surface area contributed by atoms with Gasteiger partial charge in [0.15, 0.2) is 0 Å². The largest absolute Gasteiger partial charge is 0.378 e. The number of carbonyl (C=O) groups is 1. The fraction of sp³-hybridized carbons (Fsp3) is 0.111. The normalized spacial score (nSPS) is 10.9. The molecule has 1 N–H and O–H groups in total. The Balaban J connectivity index is 1.66. The van der Waals surface area contributed by atoms with E-state index in [9.17, 15) is 4.79 Å². The summed E-state index contributed by atoms with van der Waals surface area (Å²) in [5.74, 6) is -0.247. The van der Waals surface area contributed by atoms with Gasteiger partial charge in [0.2, 0.25) is 10.3 Å². The van der Waals surface area contributed by atoms with Crippen LogP contribution in [0.25, 0.3) is 0 Å². The maximum atomic E-state index is 12.3. The molecule has 3 aromatic rings. The standard InChI is InChI=1S/C18H16BrN5OS/c1-24(2)13-9-7-12(8-10-13)11-20-17-22-23-18(26-17)21-16(25)14-5-3-4-6-15(14)19/h3-11H,1-2H3,(H,21,23,25). The van der Waals surface area contributed by atoms with Gasteiger partial charge in [0.1, 0.15) is 0 Å². The van der Waals surface area contributed by atoms with Gasteiger partial charge < -0.3 is 4.90 Å². The van der Waals surface area contributed by atoms with Crippen molar-refractivity contribution in [3.63, 3.8) is 0 Å². The van der Waals surface area contributed by atoms with Gasteiger partial charge in [-0.15, -0.1) is 10.2 Å². The van der Waals surface area contributed by atoms with E-state index in [1.165, 1.54) is 11.3 Å². The highest BCUT2D eigenvalue weighted by Crippen LogP contribution is 2.24. The third-order valence-corrected chi connectivity index (χ3v) is 4.93. The van der Waals surface area contributed by atoms with Gasteiger partial charge >= 0.3 is 0 Å². The van der Waals surface area contributed by atoms with Crippen molar-refractivity contribution in [1.82, 2.24) is 10.2 Å². The van der Waals surface area contributed by atoms with Crippen LogP contribution < -0.4 is 10.2 Å². The number of hydrogen-bond donors (Lipinski definition) is 1. The summed E-state index contributed by atoms with van der Waals surface area (Å²) in [4.78, 5) is 18.6. The molecule has 0 bridgehead atoms. The average Bonchev–Trinajstić information content (AvgIpc) is 3.08. The number of nitrogens with zero attached hydrogens (tertiary/aromatic N) is 4. The van der Waals surface area contributed by atoms with Crippen LogP contribution in [0.1, 0.15) is 15.9 Å². The lowest BCUT2D eigenvalue weighted by Crippen LogP contribution is -2.12. The van der Waals surface area contributed by atoms with Gasteiger partial charge in [-0.1, -0.05) is 35.6 Å². The summed E-state index contributed by atoms with van der Waals surface area (Å²) in [6.45, 7) is 0. The quantitative estimate of drug-likeness (QED) is 0.611. The Morgan fingerprint density at radius 2 is 1.88 bits per heavy atom. The van der Waals surface area contributed by atoms with Crippen molar-refractivity contribution in [2.75, 3.05) is 24.3 Å². The highest BCUT2D eigenvalue weighted by Gasteiger charge is 2.12. The number of aromatic nitrogens is 2. The second-order valence-electron chi connectivity index (χ2n) is 5.57. The van der Waals surface area contributed by atoms with Crippen LogP contribution in [-0.2, 0) is 0 Å². The first-order valence-electron chi connectivity index (χ1n) is 7.74. The molecule has 0 unspecified atom stereocenters. The lowest BCUT2D eigenvalue weighted by Gasteiger charge is -2.11. The van der Waals surface area contributed by atoms with Crippen molar-refractivity contribution in [1.29, 1.82) is 0 Å². The van der Waals surface area contributed by atoms with Crippen LogP contribution in [0.15, 0.2) is 58.0 Å². The molecule has 8 heteroatoms. The molecule has 0 aliphatic carbocycles. The third kappa shape index (κ3) is 4.53. The second kappa shape index (κ2) is 8.20. The molecule has 3 rings (SSSR count). The van der Waals surface area contributed by atoms with Gasteiger partial charge in [0.05, 0.1) is 5.56 Å². The third-order valence-electron chi connectivity index (χ3n) is 3.49. The highest BCUT2D eigenvalue weighted by atomic mass is 79.9. The Bertz CT molecular complexity index is 937. The summed E-state index contributed by atoms with van der Waals surface area (Å²) in [6, 6.07) is 15.2. The molecule has 132 valence electrons. The van der Waals surface area contributed by atoms with Crippen molar-refractivity contribution in [3.05, 3.63) is 64.1 Å². The van der Waals surface area contributed by atoms with Crippen molar-refractivity contribution < 1.29 is 4.79 Å². The van der Waals surface area contributed by atoms with Gasteiger partial charge in [-0.25, -0.2) is 4.99 Å². The van der Waals surface area contributed by atoms with E-state index in [0.29, 0.717) is 15.8 Å². The van der Waals surface area contributed by atoms with Crippen molar-refractivity contribution >= 4 is 55.3 Å². The molecule has 1 aromatic heterocycles. The number of nitrogens with one attached hydrogen (secondary N) is 1. The monoisotopic (exact) mass is 429 g/mol. The highest BCUT2D eigenvalue weighted by molar-refractivity contribution is 9.10. The molecular formula is C18H16BrN5OS. The van der Waals surface area contributed by atoms with Gasteiger partial charge in [0.25, 0.3) is 5.91 Å². The Morgan fingerprint density at radius 3 is 2.58 bits per heavy atom. The maximum absolute atomic E-state index is 12.3. The van der Waals surface area contributed by atoms with Gasteiger partial charge in [-0.05, 0) is 45.8 Å². The first kappa shape index (κ1) is 18.2. The Labute approximate surface area is 163 Å². The number of aliphatic imine (C=N–C) groups is 1. The number of amides is 1. The van der Waals surface area contributed by atoms with Crippen LogP contribution in [0.5, 0.6) is 0 Å². The van der Waals surface area contributed by atoms with Gasteiger partial charge in [-0.2, -0.15) is 0 Å². The molecule has 0 atom stereocenters. The van der Waals surface area contributed by atoms with E-state index in [2.05, 4.69) is 36.4 Å². The molecule has 0 saturated heterocycles. The summed E-state index contributed by atoms with van der Waals surface area (Å²) < 4.78 is 0.724. The predicted octanol–water partition coefficient (Wildman–Crippen LogP) is 4.37. The minimum Gasteiger partial charge on any atom is -0.378 e. The zero-order valence-corrected chi connectivity index (χ0v) is 16.6. The zero-order chi connectivity index (χ0) is 18.5. The molecule has 1 heterocycles. The number of anilines is 2. The van der Waals surface area contributed by atoms with E-state index in [1.54, 1.807) is 18.3 Å². The van der Waals surface area contributed by atoms with E-state index in [1.807, 2.05) is 55.4 Å². The van der Waals surface area contributed by atoms with E-state index in [-0.39, 0.29) is 5.91 Å². The Kier molecular flexibility index (Phi) is 5.75. The van der Waals surface area contributed by atoms with Crippen LogP contribution in [0.2, 0.25) is 0 Å². The first-order valence-corrected chi connectivity index (χ1v) is 9.35. The minimum absolute atomic E-state index is 0.247. The summed E-state index contributed by atoms with van der Waals surface area (Å²) in [6.07, 6.45) is 1.72. The molecule has 0 spiro atoms. The number of rotatable bonds is 5. The summed E-state index contributed by atoms with van der Waals surface area (Å²) in [7, 11) is 3.99. The Hall–Kier alpha value is -2.58. The number of halogens is 1. The molecule has 0 fully saturated rings. The predicted molar refractivity (Wildman–Crippen MR) is 110 cm³/mol. The van der Waals surface area contributed by atoms with E-state index in [4.69, 9.17) is 0 Å². The zero-order valence-electron chi connectivity index (χ0n) is 14.2. The number of hydrogen-bond acceptors (Lipinski definition) is 6. The number of benzene rings is 2. The van der Waals surface area contributed by atoms with Crippen molar-refractivity contribution in [2.24, 2.45) is 4.99 Å². The smallest absolute Gasteiger partial charge is 0.258 e. The van der Waals surface area contributed by atoms with Crippen LogP contribution >= 0.6 is 27.3 Å². The lowest BCUT2D eigenvalue weighted by atomic mass is 10.2. The molecule has 0 saturated carbocycles. The summed E-state index contributed by atoms with van der Waals surface area (Å²) >= 11 is 4.57. The molecule has 0 radical (unpaired) electrons. The van der Waals surface area contributed by atoms with Gasteiger partial charge in [0, 0.05) is 30.5 Å². The van der Waals surface area contributed by atoms with Gasteiger partial charge in [-0.3, -0.25) is 10.1 Å². The van der Waals surface area contributed by atoms with E-state index in [0.717, 1.165) is 15.7 Å². The summed E-state index contributed by atoms with van der Waals surface area (Å²) in [5.41, 5.74) is 2.62. The average molecular weight is 430 g/mol. The summed E-state index contributed by atoms with van der Waals surface area (Å²) in [5, 5.41) is 11.6. The second-order valence-corrected chi connectivity index (χ2v) is 7.38. The molecular weight excluding hydrogens is 414 g/mol. The van der Waals surface area contributed by atoms with Crippen LogP contribution in [-0.4, -0.2) is 36.4 Å². The minimum atomic E-state index is -0.247. The van der Waals surface area contributed by atoms with Crippen molar-refractivity contribution in [2.45, 2.75) is 0 Å². The van der Waals surface area contributed by atoms with E-state index < -0.39 is 0 Å². The molecule has 6 nitrogen and oxygen atoms in total. The molecule has 26 heavy (non-hydrogen) atoms.